The van der Waals surface area contributed by atoms with Gasteiger partial charge in [0.1, 0.15) is 22.1 Å². The van der Waals surface area contributed by atoms with Gasteiger partial charge in [-0.25, -0.2) is 4.98 Å². The molecule has 0 fully saturated rings. The van der Waals surface area contributed by atoms with E-state index in [9.17, 15) is 9.59 Å². The topological polar surface area (TPSA) is 82.4 Å². The van der Waals surface area contributed by atoms with Crippen molar-refractivity contribution in [3.8, 4) is 22.9 Å². The molecule has 208 valence electrons. The van der Waals surface area contributed by atoms with E-state index in [-0.39, 0.29) is 17.2 Å². The minimum atomic E-state index is -0.190. The van der Waals surface area contributed by atoms with E-state index in [4.69, 9.17) is 14.5 Å². The van der Waals surface area contributed by atoms with E-state index in [2.05, 4.69) is 5.32 Å². The Morgan fingerprint density at radius 3 is 2.41 bits per heavy atom. The maximum absolute atomic E-state index is 14.0. The third-order valence-corrected chi connectivity index (χ3v) is 8.94. The smallest absolute Gasteiger partial charge is 0.267 e. The van der Waals surface area contributed by atoms with Crippen molar-refractivity contribution in [2.75, 3.05) is 17.7 Å². The van der Waals surface area contributed by atoms with E-state index >= 15 is 0 Å². The molecule has 1 aliphatic rings. The Bertz CT molecular complexity index is 1730. The molecule has 0 atom stereocenters. The number of anilines is 1. The van der Waals surface area contributed by atoms with Gasteiger partial charge in [-0.3, -0.25) is 14.2 Å². The fourth-order valence-electron chi connectivity index (χ4n) is 4.93. The molecule has 5 aromatic rings. The average Bonchev–Trinajstić information content (AvgIpc) is 3.37. The molecule has 2 aromatic heterocycles. The second-order valence-electron chi connectivity index (χ2n) is 9.63. The van der Waals surface area contributed by atoms with Crippen molar-refractivity contribution >= 4 is 44.9 Å². The summed E-state index contributed by atoms with van der Waals surface area (Å²) in [6.07, 6.45) is 4.10. The Balaban J connectivity index is 1.23. The van der Waals surface area contributed by atoms with Crippen molar-refractivity contribution in [3.05, 3.63) is 99.7 Å². The van der Waals surface area contributed by atoms with Crippen LogP contribution in [0.2, 0.25) is 0 Å². The maximum atomic E-state index is 14.0. The summed E-state index contributed by atoms with van der Waals surface area (Å²) in [7, 11) is 0. The van der Waals surface area contributed by atoms with Gasteiger partial charge in [-0.05, 0) is 98.8 Å². The first-order valence-corrected chi connectivity index (χ1v) is 15.5. The van der Waals surface area contributed by atoms with Gasteiger partial charge < -0.3 is 14.8 Å². The number of benzene rings is 3. The molecular weight excluding hydrogens is 555 g/mol. The first-order chi connectivity index (χ1) is 20.1. The van der Waals surface area contributed by atoms with Gasteiger partial charge in [0.25, 0.3) is 5.56 Å². The minimum Gasteiger partial charge on any atom is -0.494 e. The lowest BCUT2D eigenvalue weighted by atomic mass is 9.97. The van der Waals surface area contributed by atoms with Crippen LogP contribution in [0.1, 0.15) is 30.2 Å². The molecule has 3 aromatic carbocycles. The Labute approximate surface area is 246 Å². The highest BCUT2D eigenvalue weighted by molar-refractivity contribution is 7.99. The van der Waals surface area contributed by atoms with E-state index in [0.717, 1.165) is 47.6 Å². The first-order valence-electron chi connectivity index (χ1n) is 13.6. The number of hydrogen-bond donors (Lipinski definition) is 1. The molecule has 7 nitrogen and oxygen atoms in total. The number of thioether (sulfide) groups is 1. The van der Waals surface area contributed by atoms with Crippen molar-refractivity contribution in [3.63, 3.8) is 0 Å². The summed E-state index contributed by atoms with van der Waals surface area (Å²) in [5.74, 6) is 2.07. The molecule has 9 heteroatoms. The molecule has 0 saturated carbocycles. The van der Waals surface area contributed by atoms with Gasteiger partial charge in [0.15, 0.2) is 5.16 Å². The molecular formula is C32H29N3O4S2. The van der Waals surface area contributed by atoms with E-state index in [0.29, 0.717) is 34.3 Å². The summed E-state index contributed by atoms with van der Waals surface area (Å²) in [4.78, 5) is 33.8. The molecule has 0 radical (unpaired) electrons. The normalized spacial score (nSPS) is 12.6. The van der Waals surface area contributed by atoms with Crippen LogP contribution in [0.4, 0.5) is 5.69 Å². The van der Waals surface area contributed by atoms with Gasteiger partial charge >= 0.3 is 0 Å². The number of ether oxygens (including phenoxy) is 2. The zero-order chi connectivity index (χ0) is 28.2. The quantitative estimate of drug-likeness (QED) is 0.145. The second kappa shape index (κ2) is 12.2. The van der Waals surface area contributed by atoms with Crippen molar-refractivity contribution < 1.29 is 14.3 Å². The number of fused-ring (bicyclic) bond motifs is 3. The zero-order valence-corrected chi connectivity index (χ0v) is 24.2. The molecule has 2 heterocycles. The number of aryl methyl sites for hydroxylation is 2. The van der Waals surface area contributed by atoms with Gasteiger partial charge in [0, 0.05) is 10.6 Å². The number of nitrogens with zero attached hydrogens (tertiary/aromatic N) is 2. The Morgan fingerprint density at radius 1 is 0.951 bits per heavy atom. The highest BCUT2D eigenvalue weighted by Gasteiger charge is 2.23. The highest BCUT2D eigenvalue weighted by Crippen LogP contribution is 2.35. The molecule has 0 unspecified atom stereocenters. The fourth-order valence-corrected chi connectivity index (χ4v) is 7.04. The molecule has 1 aliphatic carbocycles. The summed E-state index contributed by atoms with van der Waals surface area (Å²) >= 11 is 2.86. The lowest BCUT2D eigenvalue weighted by molar-refractivity contribution is -0.113. The largest absolute Gasteiger partial charge is 0.494 e. The van der Waals surface area contributed by atoms with E-state index in [1.807, 2.05) is 73.7 Å². The van der Waals surface area contributed by atoms with Crippen molar-refractivity contribution in [1.82, 2.24) is 9.55 Å². The van der Waals surface area contributed by atoms with E-state index in [1.54, 1.807) is 28.0 Å². The summed E-state index contributed by atoms with van der Waals surface area (Å²) in [5, 5.41) is 4.14. The van der Waals surface area contributed by atoms with E-state index in [1.165, 1.54) is 16.6 Å². The summed E-state index contributed by atoms with van der Waals surface area (Å²) in [6.45, 7) is 2.50. The maximum Gasteiger partial charge on any atom is 0.267 e. The molecule has 0 saturated heterocycles. The van der Waals surface area contributed by atoms with Crippen LogP contribution in [0, 0.1) is 0 Å². The minimum absolute atomic E-state index is 0.0875. The predicted molar refractivity (Wildman–Crippen MR) is 165 cm³/mol. The molecule has 0 aliphatic heterocycles. The first kappa shape index (κ1) is 27.1. The lowest BCUT2D eigenvalue weighted by Gasteiger charge is -2.14. The lowest BCUT2D eigenvalue weighted by Crippen LogP contribution is -2.23. The SMILES string of the molecule is CCOc1ccc(-n2c(SCC(=O)Nc3ccc(Oc4ccccc4)cc3)nc3sc4c(c3c2=O)CCCC4)cc1. The van der Waals surface area contributed by atoms with Crippen LogP contribution in [-0.4, -0.2) is 27.8 Å². The van der Waals surface area contributed by atoms with Gasteiger partial charge in [0.05, 0.1) is 23.4 Å². The third kappa shape index (κ3) is 6.01. The van der Waals surface area contributed by atoms with Gasteiger partial charge in [-0.15, -0.1) is 11.3 Å². The molecule has 0 bridgehead atoms. The number of rotatable bonds is 9. The van der Waals surface area contributed by atoms with Crippen LogP contribution in [0.15, 0.2) is 88.8 Å². The second-order valence-corrected chi connectivity index (χ2v) is 11.7. The Hall–Kier alpha value is -4.08. The summed E-state index contributed by atoms with van der Waals surface area (Å²) in [5.41, 5.74) is 2.41. The number of para-hydroxylation sites is 1. The van der Waals surface area contributed by atoms with Crippen LogP contribution in [-0.2, 0) is 17.6 Å². The fraction of sp³-hybridized carbons (Fsp3) is 0.219. The van der Waals surface area contributed by atoms with Crippen LogP contribution in [0.25, 0.3) is 15.9 Å². The number of hydrogen-bond acceptors (Lipinski definition) is 7. The zero-order valence-electron chi connectivity index (χ0n) is 22.6. The molecule has 1 N–H and O–H groups in total. The van der Waals surface area contributed by atoms with Crippen LogP contribution in [0.5, 0.6) is 17.2 Å². The van der Waals surface area contributed by atoms with Gasteiger partial charge in [-0.2, -0.15) is 0 Å². The number of carbonyl (C=O) groups excluding carboxylic acids is 1. The molecule has 6 rings (SSSR count). The summed E-state index contributed by atoms with van der Waals surface area (Å²) in [6, 6.07) is 24.2. The van der Waals surface area contributed by atoms with Crippen LogP contribution >= 0.6 is 23.1 Å². The standard InChI is InChI=1S/C32H29N3O4S2/c1-2-38-23-18-14-22(15-19-23)35-31(37)29-26-10-6-7-11-27(26)41-30(29)34-32(35)40-20-28(36)33-21-12-16-25(17-13-21)39-24-8-4-3-5-9-24/h3-5,8-9,12-19H,2,6-7,10-11,20H2,1H3,(H,33,36). The van der Waals surface area contributed by atoms with E-state index < -0.39 is 0 Å². The molecule has 41 heavy (non-hydrogen) atoms. The Kier molecular flexibility index (Phi) is 8.07. The highest BCUT2D eigenvalue weighted by atomic mass is 32.2. The van der Waals surface area contributed by atoms with Gasteiger partial charge in [0.2, 0.25) is 5.91 Å². The van der Waals surface area contributed by atoms with Crippen LogP contribution in [0.3, 0.4) is 0 Å². The Morgan fingerprint density at radius 2 is 1.66 bits per heavy atom. The van der Waals surface area contributed by atoms with Crippen molar-refractivity contribution in [1.29, 1.82) is 0 Å². The monoisotopic (exact) mass is 583 g/mol. The van der Waals surface area contributed by atoms with Gasteiger partial charge in [-0.1, -0.05) is 30.0 Å². The van der Waals surface area contributed by atoms with Crippen molar-refractivity contribution in [2.24, 2.45) is 0 Å². The molecule has 1 amide bonds. The number of aromatic nitrogens is 2. The number of nitrogens with one attached hydrogen (secondary N) is 1. The molecule has 0 spiro atoms. The van der Waals surface area contributed by atoms with Crippen LogP contribution < -0.4 is 20.3 Å². The summed E-state index contributed by atoms with van der Waals surface area (Å²) < 4.78 is 13.1. The predicted octanol–water partition coefficient (Wildman–Crippen LogP) is 7.25. The number of thiophene rings is 1. The van der Waals surface area contributed by atoms with Crippen molar-refractivity contribution in [2.45, 2.75) is 37.8 Å². The number of carbonyl (C=O) groups is 1. The average molecular weight is 584 g/mol. The third-order valence-electron chi connectivity index (χ3n) is 6.81. The number of amides is 1.